The average Bonchev–Trinajstić information content (AvgIpc) is 3.39. The number of hydrogen-bond donors (Lipinski definition) is 3. The molecule has 2 aromatic heterocycles. The van der Waals surface area contributed by atoms with Gasteiger partial charge in [-0.15, -0.1) is 0 Å². The zero-order chi connectivity index (χ0) is 21.5. The molecule has 0 bridgehead atoms. The lowest BCUT2D eigenvalue weighted by Crippen LogP contribution is -2.28. The number of imidazole rings is 1. The fraction of sp³-hybridized carbons (Fsp3) is 0.174. The highest BCUT2D eigenvalue weighted by molar-refractivity contribution is 5.77. The molecule has 3 heterocycles. The molecule has 4 aromatic rings. The lowest BCUT2D eigenvalue weighted by Gasteiger charge is -2.10. The SMILES string of the molecule is N#Cc1cc(-c2ccc(-n3c(=O)n([C@H]4CCNC4)c4ncccc43)cc2O)ccc1O. The number of pyridine rings is 1. The van der Waals surface area contributed by atoms with Gasteiger partial charge in [0.2, 0.25) is 0 Å². The van der Waals surface area contributed by atoms with Crippen LogP contribution in [0.25, 0.3) is 28.0 Å². The highest BCUT2D eigenvalue weighted by Gasteiger charge is 2.25. The number of rotatable bonds is 3. The van der Waals surface area contributed by atoms with Crippen LogP contribution in [0.4, 0.5) is 0 Å². The third-order valence-electron chi connectivity index (χ3n) is 5.70. The van der Waals surface area contributed by atoms with Crippen LogP contribution in [-0.2, 0) is 0 Å². The van der Waals surface area contributed by atoms with Gasteiger partial charge < -0.3 is 15.5 Å². The van der Waals surface area contributed by atoms with Crippen molar-refractivity contribution in [3.05, 3.63) is 70.8 Å². The first-order valence-corrected chi connectivity index (χ1v) is 9.94. The summed E-state index contributed by atoms with van der Waals surface area (Å²) in [4.78, 5) is 17.8. The molecule has 2 aromatic carbocycles. The Morgan fingerprint density at radius 3 is 2.74 bits per heavy atom. The maximum absolute atomic E-state index is 13.4. The Labute approximate surface area is 177 Å². The molecule has 3 N–H and O–H groups in total. The standard InChI is InChI=1S/C23H19N5O3/c24-12-15-10-14(3-6-20(15)29)18-5-4-16(11-21(18)30)27-19-2-1-8-26-22(19)28(23(27)31)17-7-9-25-13-17/h1-6,8,10-11,17,25,29-30H,7,9,13H2/t17-/m0/s1. The monoisotopic (exact) mass is 413 g/mol. The molecule has 1 aliphatic rings. The molecule has 1 aliphatic heterocycles. The van der Waals surface area contributed by atoms with E-state index in [1.165, 1.54) is 18.2 Å². The molecule has 154 valence electrons. The van der Waals surface area contributed by atoms with Gasteiger partial charge in [0.15, 0.2) is 5.65 Å². The molecule has 1 atom stereocenters. The lowest BCUT2D eigenvalue weighted by molar-refractivity contribution is 0.472. The van der Waals surface area contributed by atoms with Crippen LogP contribution >= 0.6 is 0 Å². The maximum atomic E-state index is 13.4. The van der Waals surface area contributed by atoms with E-state index in [-0.39, 0.29) is 28.8 Å². The maximum Gasteiger partial charge on any atom is 0.335 e. The Bertz CT molecular complexity index is 1410. The molecule has 0 saturated carbocycles. The molecule has 8 heteroatoms. The summed E-state index contributed by atoms with van der Waals surface area (Å²) in [5.41, 5.74) is 2.81. The van der Waals surface area contributed by atoms with Crippen LogP contribution in [0, 0.1) is 11.3 Å². The number of phenols is 2. The van der Waals surface area contributed by atoms with Crippen molar-refractivity contribution in [3.63, 3.8) is 0 Å². The van der Waals surface area contributed by atoms with Crippen molar-refractivity contribution in [3.8, 4) is 34.4 Å². The number of aromatic nitrogens is 3. The first-order chi connectivity index (χ1) is 15.1. The molecule has 1 saturated heterocycles. The van der Waals surface area contributed by atoms with Crippen LogP contribution in [0.1, 0.15) is 18.0 Å². The van der Waals surface area contributed by atoms with Gasteiger partial charge in [-0.3, -0.25) is 9.13 Å². The molecule has 8 nitrogen and oxygen atoms in total. The summed E-state index contributed by atoms with van der Waals surface area (Å²) in [6.07, 6.45) is 2.52. The number of fused-ring (bicyclic) bond motifs is 1. The summed E-state index contributed by atoms with van der Waals surface area (Å²) in [7, 11) is 0. The predicted molar refractivity (Wildman–Crippen MR) is 115 cm³/mol. The van der Waals surface area contributed by atoms with E-state index in [0.717, 1.165) is 13.0 Å². The van der Waals surface area contributed by atoms with E-state index in [0.29, 0.717) is 34.5 Å². The summed E-state index contributed by atoms with van der Waals surface area (Å²) in [5, 5.41) is 32.9. The van der Waals surface area contributed by atoms with Crippen LogP contribution in [0.2, 0.25) is 0 Å². The van der Waals surface area contributed by atoms with Crippen molar-refractivity contribution in [2.45, 2.75) is 12.5 Å². The molecule has 1 fully saturated rings. The minimum Gasteiger partial charge on any atom is -0.507 e. The number of benzene rings is 2. The molecular formula is C23H19N5O3. The van der Waals surface area contributed by atoms with E-state index < -0.39 is 0 Å². The minimum absolute atomic E-state index is 0.0282. The molecule has 0 aliphatic carbocycles. The van der Waals surface area contributed by atoms with Crippen LogP contribution in [0.5, 0.6) is 11.5 Å². The predicted octanol–water partition coefficient (Wildman–Crippen LogP) is 2.67. The van der Waals surface area contributed by atoms with E-state index in [1.807, 2.05) is 12.1 Å². The Kier molecular flexibility index (Phi) is 4.46. The summed E-state index contributed by atoms with van der Waals surface area (Å²) in [6.45, 7) is 1.56. The van der Waals surface area contributed by atoms with E-state index >= 15 is 0 Å². The van der Waals surface area contributed by atoms with Gasteiger partial charge in [0, 0.05) is 24.4 Å². The molecule has 0 amide bonds. The van der Waals surface area contributed by atoms with E-state index in [1.54, 1.807) is 39.6 Å². The van der Waals surface area contributed by atoms with Crippen LogP contribution < -0.4 is 11.0 Å². The van der Waals surface area contributed by atoms with E-state index in [2.05, 4.69) is 10.3 Å². The fourth-order valence-electron chi connectivity index (χ4n) is 4.18. The normalized spacial score (nSPS) is 15.9. The summed E-state index contributed by atoms with van der Waals surface area (Å²) in [6, 6.07) is 15.1. The summed E-state index contributed by atoms with van der Waals surface area (Å²) >= 11 is 0. The van der Waals surface area contributed by atoms with Crippen molar-refractivity contribution >= 4 is 11.2 Å². The molecule has 31 heavy (non-hydrogen) atoms. The van der Waals surface area contributed by atoms with Crippen LogP contribution in [-0.4, -0.2) is 37.4 Å². The third-order valence-corrected chi connectivity index (χ3v) is 5.70. The van der Waals surface area contributed by atoms with Gasteiger partial charge in [0.1, 0.15) is 17.6 Å². The first-order valence-electron chi connectivity index (χ1n) is 9.94. The Balaban J connectivity index is 1.65. The molecule has 0 unspecified atom stereocenters. The number of nitrogens with zero attached hydrogens (tertiary/aromatic N) is 4. The summed E-state index contributed by atoms with van der Waals surface area (Å²) < 4.78 is 3.28. The smallest absolute Gasteiger partial charge is 0.335 e. The highest BCUT2D eigenvalue weighted by Crippen LogP contribution is 2.34. The zero-order valence-electron chi connectivity index (χ0n) is 16.5. The third kappa shape index (κ3) is 3.03. The number of hydrogen-bond acceptors (Lipinski definition) is 6. The van der Waals surface area contributed by atoms with Gasteiger partial charge in [0.25, 0.3) is 0 Å². The van der Waals surface area contributed by atoms with Crippen molar-refractivity contribution in [1.29, 1.82) is 5.26 Å². The van der Waals surface area contributed by atoms with Gasteiger partial charge in [-0.25, -0.2) is 9.78 Å². The van der Waals surface area contributed by atoms with Gasteiger partial charge in [-0.2, -0.15) is 5.26 Å². The van der Waals surface area contributed by atoms with Gasteiger partial charge in [-0.1, -0.05) is 6.07 Å². The Hall–Kier alpha value is -4.09. The molecule has 5 rings (SSSR count). The number of phenolic OH excluding ortho intramolecular Hbond substituents is 2. The second-order valence-electron chi connectivity index (χ2n) is 7.53. The molecular weight excluding hydrogens is 394 g/mol. The Morgan fingerprint density at radius 1 is 1.13 bits per heavy atom. The first kappa shape index (κ1) is 18.9. The molecule has 0 radical (unpaired) electrons. The van der Waals surface area contributed by atoms with Gasteiger partial charge in [-0.05, 0) is 54.9 Å². The fourth-order valence-corrected chi connectivity index (χ4v) is 4.18. The second kappa shape index (κ2) is 7.31. The number of nitrogens with one attached hydrogen (secondary N) is 1. The minimum atomic E-state index is -0.203. The van der Waals surface area contributed by atoms with E-state index in [4.69, 9.17) is 5.26 Å². The topological polar surface area (TPSA) is 116 Å². The highest BCUT2D eigenvalue weighted by atomic mass is 16.3. The van der Waals surface area contributed by atoms with Crippen molar-refractivity contribution < 1.29 is 10.2 Å². The van der Waals surface area contributed by atoms with E-state index in [9.17, 15) is 15.0 Å². The van der Waals surface area contributed by atoms with Crippen LogP contribution in [0.15, 0.2) is 59.5 Å². The summed E-state index contributed by atoms with van der Waals surface area (Å²) in [5.74, 6) is -0.151. The van der Waals surface area contributed by atoms with Crippen molar-refractivity contribution in [1.82, 2.24) is 19.4 Å². The van der Waals surface area contributed by atoms with Gasteiger partial charge >= 0.3 is 5.69 Å². The number of aromatic hydroxyl groups is 2. The average molecular weight is 413 g/mol. The quantitative estimate of drug-likeness (QED) is 0.476. The van der Waals surface area contributed by atoms with Crippen LogP contribution in [0.3, 0.4) is 0 Å². The molecule has 0 spiro atoms. The number of nitriles is 1. The largest absolute Gasteiger partial charge is 0.507 e. The lowest BCUT2D eigenvalue weighted by atomic mass is 10.0. The zero-order valence-corrected chi connectivity index (χ0v) is 16.5. The Morgan fingerprint density at radius 2 is 2.00 bits per heavy atom. The van der Waals surface area contributed by atoms with Gasteiger partial charge in [0.05, 0.1) is 22.8 Å². The van der Waals surface area contributed by atoms with Crippen molar-refractivity contribution in [2.24, 2.45) is 0 Å². The van der Waals surface area contributed by atoms with Crippen molar-refractivity contribution in [2.75, 3.05) is 13.1 Å². The second-order valence-corrected chi connectivity index (χ2v) is 7.53.